The second-order valence-electron chi connectivity index (χ2n) is 6.49. The molecule has 0 aliphatic rings. The van der Waals surface area contributed by atoms with E-state index in [4.69, 9.17) is 9.84 Å². The summed E-state index contributed by atoms with van der Waals surface area (Å²) in [5.74, 6) is -0.375. The molecule has 0 amide bonds. The van der Waals surface area contributed by atoms with Gasteiger partial charge < -0.3 is 9.84 Å². The van der Waals surface area contributed by atoms with Gasteiger partial charge in [0.2, 0.25) is 0 Å². The summed E-state index contributed by atoms with van der Waals surface area (Å²) in [4.78, 5) is 11.2. The molecule has 0 atom stereocenters. The number of sulfonamides is 1. The monoisotopic (exact) mass is 411 g/mol. The van der Waals surface area contributed by atoms with Crippen molar-refractivity contribution >= 4 is 21.7 Å². The number of carboxylic acid groups (broad SMARTS) is 1. The number of benzene rings is 3. The van der Waals surface area contributed by atoms with E-state index in [1.165, 1.54) is 19.2 Å². The predicted octanol–water partition coefficient (Wildman–Crippen LogP) is 3.98. The smallest absolute Gasteiger partial charge is 0.335 e. The van der Waals surface area contributed by atoms with Gasteiger partial charge in [-0.1, -0.05) is 24.3 Å². The van der Waals surface area contributed by atoms with Crippen molar-refractivity contribution in [1.82, 2.24) is 0 Å². The fourth-order valence-electron chi connectivity index (χ4n) is 2.91. The van der Waals surface area contributed by atoms with Crippen molar-refractivity contribution in [2.24, 2.45) is 0 Å². The van der Waals surface area contributed by atoms with Crippen molar-refractivity contribution in [3.05, 3.63) is 89.5 Å². The third-order valence-electron chi connectivity index (χ3n) is 4.43. The molecule has 0 aliphatic heterocycles. The van der Waals surface area contributed by atoms with Gasteiger partial charge in [-0.05, 0) is 72.5 Å². The number of carbonyl (C=O) groups is 1. The molecule has 3 rings (SSSR count). The number of hydrogen-bond acceptors (Lipinski definition) is 4. The molecule has 0 saturated carbocycles. The number of anilines is 1. The summed E-state index contributed by atoms with van der Waals surface area (Å²) < 4.78 is 32.8. The molecule has 29 heavy (non-hydrogen) atoms. The number of aromatic carboxylic acids is 1. The maximum Gasteiger partial charge on any atom is 0.335 e. The topological polar surface area (TPSA) is 92.7 Å². The molecule has 0 bridgehead atoms. The molecule has 0 radical (unpaired) electrons. The average Bonchev–Trinajstić information content (AvgIpc) is 2.72. The standard InChI is InChI=1S/C22H21NO5S/c1-28-20-10-12-21(13-11-20)29(26,27)23-19-7-3-5-17(15-19)9-8-16-4-2-6-18(14-16)22(24)25/h2-7,10-15,23H,8-9H2,1H3,(H,24,25). The van der Waals surface area contributed by atoms with E-state index in [9.17, 15) is 13.2 Å². The van der Waals surface area contributed by atoms with E-state index < -0.39 is 16.0 Å². The third-order valence-corrected chi connectivity index (χ3v) is 5.82. The Labute approximate surface area is 169 Å². The Balaban J connectivity index is 1.70. The lowest BCUT2D eigenvalue weighted by atomic mass is 10.0. The Kier molecular flexibility index (Phi) is 6.19. The molecular weight excluding hydrogens is 390 g/mol. The second-order valence-corrected chi connectivity index (χ2v) is 8.17. The summed E-state index contributed by atoms with van der Waals surface area (Å²) in [6.45, 7) is 0. The molecule has 0 spiro atoms. The minimum Gasteiger partial charge on any atom is -0.497 e. The van der Waals surface area contributed by atoms with Crippen LogP contribution in [0, 0.1) is 0 Å². The first-order chi connectivity index (χ1) is 13.9. The van der Waals surface area contributed by atoms with Gasteiger partial charge in [0, 0.05) is 5.69 Å². The van der Waals surface area contributed by atoms with Crippen LogP contribution >= 0.6 is 0 Å². The van der Waals surface area contributed by atoms with Gasteiger partial charge in [0.15, 0.2) is 0 Å². The van der Waals surface area contributed by atoms with E-state index in [0.717, 1.165) is 11.1 Å². The summed E-state index contributed by atoms with van der Waals surface area (Å²) in [5.41, 5.74) is 2.58. The molecule has 0 aromatic heterocycles. The number of ether oxygens (including phenoxy) is 1. The number of nitrogens with one attached hydrogen (secondary N) is 1. The fourth-order valence-corrected chi connectivity index (χ4v) is 3.96. The SMILES string of the molecule is COc1ccc(S(=O)(=O)Nc2cccc(CCc3cccc(C(=O)O)c3)c2)cc1. The lowest BCUT2D eigenvalue weighted by Gasteiger charge is -2.10. The van der Waals surface area contributed by atoms with Crippen LogP contribution in [0.1, 0.15) is 21.5 Å². The zero-order chi connectivity index (χ0) is 20.9. The molecule has 150 valence electrons. The van der Waals surface area contributed by atoms with Gasteiger partial charge in [0.05, 0.1) is 17.6 Å². The summed E-state index contributed by atoms with van der Waals surface area (Å²) in [6.07, 6.45) is 1.30. The molecule has 3 aromatic carbocycles. The first-order valence-electron chi connectivity index (χ1n) is 8.95. The molecule has 0 aliphatic carbocycles. The molecular formula is C22H21NO5S. The van der Waals surface area contributed by atoms with Gasteiger partial charge in [-0.15, -0.1) is 0 Å². The van der Waals surface area contributed by atoms with Crippen molar-refractivity contribution in [2.75, 3.05) is 11.8 Å². The molecule has 2 N–H and O–H groups in total. The predicted molar refractivity (Wildman–Crippen MR) is 111 cm³/mol. The average molecular weight is 411 g/mol. The van der Waals surface area contributed by atoms with Crippen molar-refractivity contribution < 1.29 is 23.1 Å². The minimum absolute atomic E-state index is 0.147. The Morgan fingerprint density at radius 1 is 0.931 bits per heavy atom. The highest BCUT2D eigenvalue weighted by Crippen LogP contribution is 2.20. The molecule has 3 aromatic rings. The second kappa shape index (κ2) is 8.79. The number of rotatable bonds is 8. The van der Waals surface area contributed by atoms with Crippen molar-refractivity contribution in [3.63, 3.8) is 0 Å². The maximum absolute atomic E-state index is 12.6. The van der Waals surface area contributed by atoms with Crippen LogP contribution in [0.15, 0.2) is 77.7 Å². The van der Waals surface area contributed by atoms with Crippen LogP contribution in [-0.4, -0.2) is 26.6 Å². The molecule has 6 nitrogen and oxygen atoms in total. The normalized spacial score (nSPS) is 11.1. The number of hydrogen-bond donors (Lipinski definition) is 2. The minimum atomic E-state index is -3.71. The number of carboxylic acids is 1. The van der Waals surface area contributed by atoms with Crippen LogP contribution in [0.5, 0.6) is 5.75 Å². The van der Waals surface area contributed by atoms with E-state index in [1.54, 1.807) is 48.5 Å². The Morgan fingerprint density at radius 2 is 1.55 bits per heavy atom. The molecule has 0 saturated heterocycles. The first kappa shape index (κ1) is 20.4. The fraction of sp³-hybridized carbons (Fsp3) is 0.136. The highest BCUT2D eigenvalue weighted by Gasteiger charge is 2.14. The van der Waals surface area contributed by atoms with Crippen LogP contribution in [0.3, 0.4) is 0 Å². The molecule has 0 fully saturated rings. The Bertz CT molecular complexity index is 1110. The number of aryl methyl sites for hydroxylation is 2. The summed E-state index contributed by atoms with van der Waals surface area (Å²) in [5, 5.41) is 9.09. The van der Waals surface area contributed by atoms with E-state index in [1.807, 2.05) is 12.1 Å². The van der Waals surface area contributed by atoms with E-state index >= 15 is 0 Å². The quantitative estimate of drug-likeness (QED) is 0.585. The zero-order valence-corrected chi connectivity index (χ0v) is 16.6. The molecule has 0 heterocycles. The Hall–Kier alpha value is -3.32. The molecule has 7 heteroatoms. The highest BCUT2D eigenvalue weighted by atomic mass is 32.2. The van der Waals surface area contributed by atoms with Crippen molar-refractivity contribution in [2.45, 2.75) is 17.7 Å². The third kappa shape index (κ3) is 5.36. The van der Waals surface area contributed by atoms with Gasteiger partial charge in [-0.25, -0.2) is 13.2 Å². The van der Waals surface area contributed by atoms with E-state index in [2.05, 4.69) is 4.72 Å². The van der Waals surface area contributed by atoms with Crippen molar-refractivity contribution in [3.8, 4) is 5.75 Å². The summed E-state index contributed by atoms with van der Waals surface area (Å²) in [6, 6.07) is 20.1. The van der Waals surface area contributed by atoms with Crippen LogP contribution in [-0.2, 0) is 22.9 Å². The van der Waals surface area contributed by atoms with Crippen LogP contribution in [0.25, 0.3) is 0 Å². The highest BCUT2D eigenvalue weighted by molar-refractivity contribution is 7.92. The van der Waals surface area contributed by atoms with E-state index in [-0.39, 0.29) is 10.5 Å². The zero-order valence-electron chi connectivity index (χ0n) is 15.8. The molecule has 0 unspecified atom stereocenters. The van der Waals surface area contributed by atoms with Crippen LogP contribution in [0.4, 0.5) is 5.69 Å². The van der Waals surface area contributed by atoms with Crippen LogP contribution < -0.4 is 9.46 Å². The number of methoxy groups -OCH3 is 1. The summed E-state index contributed by atoms with van der Waals surface area (Å²) in [7, 11) is -2.19. The van der Waals surface area contributed by atoms with E-state index in [0.29, 0.717) is 24.3 Å². The lowest BCUT2D eigenvalue weighted by molar-refractivity contribution is 0.0696. The largest absolute Gasteiger partial charge is 0.497 e. The van der Waals surface area contributed by atoms with Gasteiger partial charge in [0.25, 0.3) is 10.0 Å². The first-order valence-corrected chi connectivity index (χ1v) is 10.4. The Morgan fingerprint density at radius 3 is 2.17 bits per heavy atom. The lowest BCUT2D eigenvalue weighted by Crippen LogP contribution is -2.13. The van der Waals surface area contributed by atoms with Gasteiger partial charge in [0.1, 0.15) is 5.75 Å². The van der Waals surface area contributed by atoms with Gasteiger partial charge in [-0.3, -0.25) is 4.72 Å². The van der Waals surface area contributed by atoms with Gasteiger partial charge in [-0.2, -0.15) is 0 Å². The summed E-state index contributed by atoms with van der Waals surface area (Å²) >= 11 is 0. The van der Waals surface area contributed by atoms with Crippen LogP contribution in [0.2, 0.25) is 0 Å². The maximum atomic E-state index is 12.6. The van der Waals surface area contributed by atoms with Crippen molar-refractivity contribution in [1.29, 1.82) is 0 Å². The van der Waals surface area contributed by atoms with Gasteiger partial charge >= 0.3 is 5.97 Å².